The Hall–Kier alpha value is -1.36. The van der Waals surface area contributed by atoms with Crippen LogP contribution in [0.3, 0.4) is 0 Å². The number of hydrogen-bond acceptors (Lipinski definition) is 4. The van der Waals surface area contributed by atoms with Gasteiger partial charge >= 0.3 is 0 Å². The molecule has 5 heteroatoms. The van der Waals surface area contributed by atoms with Gasteiger partial charge in [-0.25, -0.2) is 0 Å². The summed E-state index contributed by atoms with van der Waals surface area (Å²) in [4.78, 5) is 13.2. The lowest BCUT2D eigenvalue weighted by atomic mass is 9.80. The molecule has 0 saturated heterocycles. The van der Waals surface area contributed by atoms with Crippen molar-refractivity contribution in [2.45, 2.75) is 64.5 Å². The maximum Gasteiger partial charge on any atom is 0.216 e. The summed E-state index contributed by atoms with van der Waals surface area (Å²) in [6, 6.07) is 0.107. The van der Waals surface area contributed by atoms with Gasteiger partial charge in [0.25, 0.3) is 0 Å². The molecule has 0 amide bonds. The monoisotopic (exact) mass is 294 g/mol. The van der Waals surface area contributed by atoms with Crippen LogP contribution >= 0.6 is 0 Å². The van der Waals surface area contributed by atoms with Gasteiger partial charge in [0.1, 0.15) is 11.3 Å². The molecule has 21 heavy (non-hydrogen) atoms. The zero-order valence-electron chi connectivity index (χ0n) is 13.5. The van der Waals surface area contributed by atoms with Crippen molar-refractivity contribution in [3.05, 3.63) is 11.9 Å². The van der Waals surface area contributed by atoms with Gasteiger partial charge in [0.05, 0.1) is 13.3 Å². The van der Waals surface area contributed by atoms with Crippen molar-refractivity contribution in [3.63, 3.8) is 0 Å². The lowest BCUT2D eigenvalue weighted by Crippen LogP contribution is -2.44. The first-order chi connectivity index (χ1) is 10.1. The van der Waals surface area contributed by atoms with Crippen molar-refractivity contribution in [1.29, 1.82) is 0 Å². The van der Waals surface area contributed by atoms with Crippen molar-refractivity contribution in [2.24, 2.45) is 0 Å². The molecule has 0 spiro atoms. The van der Waals surface area contributed by atoms with Gasteiger partial charge in [-0.3, -0.25) is 9.48 Å². The number of carbonyl (C=O) groups is 1. The van der Waals surface area contributed by atoms with E-state index in [1.807, 2.05) is 20.8 Å². The van der Waals surface area contributed by atoms with Crippen molar-refractivity contribution in [1.82, 2.24) is 9.78 Å². The number of Topliss-reactive ketones (excluding diaryl/α,β-unsaturated/α-hetero) is 1. The van der Waals surface area contributed by atoms with Gasteiger partial charge in [0, 0.05) is 12.6 Å². The SMILES string of the molecule is CCOC1(C(=O)c2c(OC)cnn2C(C)C)CCCCC1. The minimum atomic E-state index is -0.701. The molecule has 1 aliphatic rings. The van der Waals surface area contributed by atoms with E-state index in [9.17, 15) is 4.79 Å². The van der Waals surface area contributed by atoms with E-state index in [4.69, 9.17) is 9.47 Å². The molecule has 2 rings (SSSR count). The number of nitrogens with zero attached hydrogens (tertiary/aromatic N) is 2. The fraction of sp³-hybridized carbons (Fsp3) is 0.750. The molecule has 0 atom stereocenters. The van der Waals surface area contributed by atoms with Gasteiger partial charge in [0.2, 0.25) is 5.78 Å². The number of aromatic nitrogens is 2. The van der Waals surface area contributed by atoms with Gasteiger partial charge in [-0.05, 0) is 33.6 Å². The van der Waals surface area contributed by atoms with Crippen LogP contribution < -0.4 is 4.74 Å². The molecule has 0 aliphatic heterocycles. The quantitative estimate of drug-likeness (QED) is 0.755. The Morgan fingerprint density at radius 3 is 2.57 bits per heavy atom. The van der Waals surface area contributed by atoms with E-state index in [0.29, 0.717) is 18.1 Å². The normalized spacial score (nSPS) is 18.0. The van der Waals surface area contributed by atoms with Crippen LogP contribution in [0.4, 0.5) is 0 Å². The van der Waals surface area contributed by atoms with E-state index in [0.717, 1.165) is 25.7 Å². The van der Waals surface area contributed by atoms with E-state index in [1.165, 1.54) is 6.42 Å². The maximum atomic E-state index is 13.2. The summed E-state index contributed by atoms with van der Waals surface area (Å²) in [6.45, 7) is 6.51. The average Bonchev–Trinajstić information content (AvgIpc) is 2.91. The van der Waals surface area contributed by atoms with Gasteiger partial charge < -0.3 is 9.47 Å². The Morgan fingerprint density at radius 2 is 2.05 bits per heavy atom. The summed E-state index contributed by atoms with van der Waals surface area (Å²) in [7, 11) is 1.58. The van der Waals surface area contributed by atoms with Gasteiger partial charge in [-0.1, -0.05) is 19.3 Å². The van der Waals surface area contributed by atoms with Crippen LogP contribution in [0.25, 0.3) is 0 Å². The highest BCUT2D eigenvalue weighted by atomic mass is 16.5. The van der Waals surface area contributed by atoms with E-state index >= 15 is 0 Å². The predicted octanol–water partition coefficient (Wildman–Crippen LogP) is 3.39. The van der Waals surface area contributed by atoms with Crippen LogP contribution in [0.1, 0.15) is 69.4 Å². The summed E-state index contributed by atoms with van der Waals surface area (Å²) in [6.07, 6.45) is 6.42. The number of hydrogen-bond donors (Lipinski definition) is 0. The number of methoxy groups -OCH3 is 1. The van der Waals surface area contributed by atoms with Crippen molar-refractivity contribution >= 4 is 5.78 Å². The molecule has 0 N–H and O–H groups in total. The van der Waals surface area contributed by atoms with E-state index in [-0.39, 0.29) is 11.8 Å². The molecule has 1 aromatic rings. The number of ketones is 1. The summed E-state index contributed by atoms with van der Waals surface area (Å²) < 4.78 is 13.0. The third-order valence-corrected chi connectivity index (χ3v) is 4.18. The minimum Gasteiger partial charge on any atom is -0.493 e. The van der Waals surface area contributed by atoms with Gasteiger partial charge in [-0.15, -0.1) is 0 Å². The second kappa shape index (κ2) is 6.60. The lowest BCUT2D eigenvalue weighted by Gasteiger charge is -2.35. The van der Waals surface area contributed by atoms with Crippen LogP contribution in [0.5, 0.6) is 5.75 Å². The maximum absolute atomic E-state index is 13.2. The summed E-state index contributed by atoms with van der Waals surface area (Å²) in [5.41, 5.74) is -0.157. The van der Waals surface area contributed by atoms with Gasteiger partial charge in [-0.2, -0.15) is 5.10 Å². The predicted molar refractivity (Wildman–Crippen MR) is 80.9 cm³/mol. The Kier molecular flexibility index (Phi) is 5.04. The number of rotatable bonds is 6. The van der Waals surface area contributed by atoms with Crippen LogP contribution in [0, 0.1) is 0 Å². The molecule has 0 bridgehead atoms. The summed E-state index contributed by atoms with van der Waals surface area (Å²) >= 11 is 0. The minimum absolute atomic E-state index is 0.0205. The Balaban J connectivity index is 2.43. The molecular formula is C16H26N2O3. The fourth-order valence-corrected chi connectivity index (χ4v) is 3.16. The third kappa shape index (κ3) is 2.98. The smallest absolute Gasteiger partial charge is 0.216 e. The molecule has 1 aliphatic carbocycles. The van der Waals surface area contributed by atoms with Crippen LogP contribution in [-0.2, 0) is 4.74 Å². The third-order valence-electron chi connectivity index (χ3n) is 4.18. The van der Waals surface area contributed by atoms with Gasteiger partial charge in [0.15, 0.2) is 5.75 Å². The second-order valence-corrected chi connectivity index (χ2v) is 5.92. The van der Waals surface area contributed by atoms with Crippen molar-refractivity contribution < 1.29 is 14.3 Å². The average molecular weight is 294 g/mol. The zero-order valence-corrected chi connectivity index (χ0v) is 13.5. The molecular weight excluding hydrogens is 268 g/mol. The standard InChI is InChI=1S/C16H26N2O3/c1-5-21-16(9-7-6-8-10-16)15(19)14-13(20-4)11-17-18(14)12(2)3/h11-12H,5-10H2,1-4H3. The van der Waals surface area contributed by atoms with E-state index < -0.39 is 5.60 Å². The van der Waals surface area contributed by atoms with Crippen molar-refractivity contribution in [2.75, 3.05) is 13.7 Å². The largest absolute Gasteiger partial charge is 0.493 e. The lowest BCUT2D eigenvalue weighted by molar-refractivity contribution is -0.0419. The fourth-order valence-electron chi connectivity index (χ4n) is 3.16. The topological polar surface area (TPSA) is 53.4 Å². The second-order valence-electron chi connectivity index (χ2n) is 5.92. The molecule has 0 radical (unpaired) electrons. The Bertz CT molecular complexity index is 482. The highest BCUT2D eigenvalue weighted by Gasteiger charge is 2.43. The highest BCUT2D eigenvalue weighted by molar-refractivity contribution is 6.03. The first-order valence-electron chi connectivity index (χ1n) is 7.86. The molecule has 5 nitrogen and oxygen atoms in total. The Labute approximate surface area is 126 Å². The van der Waals surface area contributed by atoms with Crippen LogP contribution in [0.2, 0.25) is 0 Å². The number of ether oxygens (including phenoxy) is 2. The number of carbonyl (C=O) groups excluding carboxylic acids is 1. The Morgan fingerprint density at radius 1 is 1.38 bits per heavy atom. The molecule has 118 valence electrons. The zero-order chi connectivity index (χ0) is 15.5. The molecule has 0 unspecified atom stereocenters. The van der Waals surface area contributed by atoms with E-state index in [1.54, 1.807) is 18.0 Å². The van der Waals surface area contributed by atoms with Crippen LogP contribution in [-0.4, -0.2) is 34.9 Å². The molecule has 1 saturated carbocycles. The molecule has 0 aromatic carbocycles. The molecule has 1 fully saturated rings. The van der Waals surface area contributed by atoms with Crippen LogP contribution in [0.15, 0.2) is 6.20 Å². The first-order valence-corrected chi connectivity index (χ1v) is 7.86. The highest BCUT2D eigenvalue weighted by Crippen LogP contribution is 2.37. The molecule has 1 aromatic heterocycles. The first kappa shape index (κ1) is 16.0. The summed E-state index contributed by atoms with van der Waals surface area (Å²) in [5.74, 6) is 0.561. The van der Waals surface area contributed by atoms with Crippen molar-refractivity contribution in [3.8, 4) is 5.75 Å². The molecule has 1 heterocycles. The van der Waals surface area contributed by atoms with E-state index in [2.05, 4.69) is 5.10 Å². The summed E-state index contributed by atoms with van der Waals surface area (Å²) in [5, 5.41) is 4.31.